The van der Waals surface area contributed by atoms with Crippen LogP contribution in [0.15, 0.2) is 79.1 Å². The molecule has 0 aliphatic rings. The molecule has 158 valence electrons. The van der Waals surface area contributed by atoms with Crippen molar-refractivity contribution in [2.75, 3.05) is 7.05 Å². The topological polar surface area (TPSA) is 81.2 Å². The number of nitrogens with zero attached hydrogens (tertiary/aromatic N) is 7. The Morgan fingerprint density at radius 1 is 0.969 bits per heavy atom. The van der Waals surface area contributed by atoms with E-state index in [0.29, 0.717) is 12.3 Å². The first-order valence-electron chi connectivity index (χ1n) is 10.2. The van der Waals surface area contributed by atoms with Crippen molar-refractivity contribution in [3.05, 3.63) is 96.2 Å². The molecule has 3 heterocycles. The molecule has 8 heteroatoms. The van der Waals surface area contributed by atoms with Crippen LogP contribution in [-0.4, -0.2) is 47.2 Å². The van der Waals surface area contributed by atoms with Crippen molar-refractivity contribution < 1.29 is 4.79 Å². The van der Waals surface area contributed by atoms with Gasteiger partial charge in [0, 0.05) is 42.8 Å². The Balaban J connectivity index is 1.48. The maximum absolute atomic E-state index is 13.1. The highest BCUT2D eigenvalue weighted by molar-refractivity contribution is 5.90. The van der Waals surface area contributed by atoms with Gasteiger partial charge in [0.1, 0.15) is 0 Å². The molecule has 32 heavy (non-hydrogen) atoms. The third-order valence-corrected chi connectivity index (χ3v) is 5.23. The van der Waals surface area contributed by atoms with Gasteiger partial charge >= 0.3 is 0 Å². The van der Waals surface area contributed by atoms with Crippen molar-refractivity contribution in [3.63, 3.8) is 0 Å². The lowest BCUT2D eigenvalue weighted by atomic mass is 10.1. The second-order valence-electron chi connectivity index (χ2n) is 7.54. The normalized spacial score (nSPS) is 11.1. The molecule has 0 aliphatic carbocycles. The average Bonchev–Trinajstić information content (AvgIpc) is 3.45. The monoisotopic (exact) mass is 423 g/mol. The fourth-order valence-corrected chi connectivity index (χ4v) is 3.57. The predicted octanol–water partition coefficient (Wildman–Crippen LogP) is 3.56. The molecular weight excluding hydrogens is 402 g/mol. The molecule has 0 aliphatic heterocycles. The molecule has 0 spiro atoms. The number of rotatable bonds is 5. The molecule has 0 unspecified atom stereocenters. The van der Waals surface area contributed by atoms with Crippen molar-refractivity contribution >= 4 is 11.7 Å². The maximum atomic E-state index is 13.1. The van der Waals surface area contributed by atoms with Gasteiger partial charge in [-0.05, 0) is 25.1 Å². The fraction of sp³-hybridized carbons (Fsp3) is 0.125. The number of carbonyl (C=O) groups is 1. The molecule has 0 fully saturated rings. The Bertz CT molecular complexity index is 1390. The van der Waals surface area contributed by atoms with E-state index < -0.39 is 0 Å². The molecule has 0 atom stereocenters. The standard InChI is InChI=1S/C24H21N7O/c1-17-13-14-25-24-26-22(28-31(17)24)23(32)29(2)15-19-16-30(20-11-7-4-8-12-20)27-21(19)18-9-5-3-6-10-18/h3-14,16H,15H2,1-2H3. The average molecular weight is 423 g/mol. The van der Waals surface area contributed by atoms with Crippen LogP contribution in [0, 0.1) is 6.92 Å². The number of hydrogen-bond acceptors (Lipinski definition) is 5. The van der Waals surface area contributed by atoms with Gasteiger partial charge < -0.3 is 4.90 Å². The number of carbonyl (C=O) groups excluding carboxylic acids is 1. The van der Waals surface area contributed by atoms with Crippen LogP contribution in [0.2, 0.25) is 0 Å². The van der Waals surface area contributed by atoms with Crippen LogP contribution < -0.4 is 0 Å². The summed E-state index contributed by atoms with van der Waals surface area (Å²) in [6.45, 7) is 2.25. The van der Waals surface area contributed by atoms with E-state index in [2.05, 4.69) is 15.1 Å². The number of benzene rings is 2. The number of fused-ring (bicyclic) bond motifs is 1. The van der Waals surface area contributed by atoms with Crippen molar-refractivity contribution in [1.29, 1.82) is 0 Å². The quantitative estimate of drug-likeness (QED) is 0.432. The van der Waals surface area contributed by atoms with Gasteiger partial charge in [0.15, 0.2) is 0 Å². The molecule has 1 amide bonds. The van der Waals surface area contributed by atoms with Crippen LogP contribution in [-0.2, 0) is 6.54 Å². The summed E-state index contributed by atoms with van der Waals surface area (Å²) in [6, 6.07) is 21.7. The molecule has 0 saturated heterocycles. The maximum Gasteiger partial charge on any atom is 0.293 e. The first-order valence-corrected chi connectivity index (χ1v) is 10.2. The Morgan fingerprint density at radius 3 is 2.41 bits per heavy atom. The van der Waals surface area contributed by atoms with Gasteiger partial charge in [-0.3, -0.25) is 4.79 Å². The third kappa shape index (κ3) is 3.62. The molecule has 8 nitrogen and oxygen atoms in total. The molecule has 5 aromatic rings. The summed E-state index contributed by atoms with van der Waals surface area (Å²) in [5.41, 5.74) is 4.56. The van der Waals surface area contributed by atoms with E-state index in [1.54, 1.807) is 22.7 Å². The van der Waals surface area contributed by atoms with Gasteiger partial charge in [0.25, 0.3) is 11.7 Å². The summed E-state index contributed by atoms with van der Waals surface area (Å²) in [7, 11) is 1.74. The Morgan fingerprint density at radius 2 is 1.69 bits per heavy atom. The van der Waals surface area contributed by atoms with Gasteiger partial charge in [0.2, 0.25) is 5.82 Å². The first kappa shape index (κ1) is 19.6. The van der Waals surface area contributed by atoms with Gasteiger partial charge in [0.05, 0.1) is 11.4 Å². The zero-order chi connectivity index (χ0) is 22.1. The fourth-order valence-electron chi connectivity index (χ4n) is 3.57. The SMILES string of the molecule is Cc1ccnc2nc(C(=O)N(C)Cc3cn(-c4ccccc4)nc3-c3ccccc3)nn12. The highest BCUT2D eigenvalue weighted by atomic mass is 16.2. The number of hydrogen-bond donors (Lipinski definition) is 0. The van der Waals surface area contributed by atoms with Crippen LogP contribution in [0.25, 0.3) is 22.7 Å². The van der Waals surface area contributed by atoms with E-state index in [-0.39, 0.29) is 11.7 Å². The number of aromatic nitrogens is 6. The summed E-state index contributed by atoms with van der Waals surface area (Å²) in [5, 5.41) is 9.15. The Labute approximate surface area is 184 Å². The molecule has 5 rings (SSSR count). The number of amides is 1. The Kier molecular flexibility index (Phi) is 4.95. The number of para-hydroxylation sites is 1. The number of aryl methyl sites for hydroxylation is 1. The van der Waals surface area contributed by atoms with Crippen LogP contribution in [0.5, 0.6) is 0 Å². The first-order chi connectivity index (χ1) is 15.6. The second kappa shape index (κ2) is 8.07. The zero-order valence-corrected chi connectivity index (χ0v) is 17.8. The van der Waals surface area contributed by atoms with E-state index in [0.717, 1.165) is 28.2 Å². The van der Waals surface area contributed by atoms with Crippen LogP contribution >= 0.6 is 0 Å². The minimum atomic E-state index is -0.277. The van der Waals surface area contributed by atoms with Crippen LogP contribution in [0.3, 0.4) is 0 Å². The van der Waals surface area contributed by atoms with Crippen LogP contribution in [0.1, 0.15) is 21.9 Å². The largest absolute Gasteiger partial charge is 0.334 e. The summed E-state index contributed by atoms with van der Waals surface area (Å²) >= 11 is 0. The van der Waals surface area contributed by atoms with Gasteiger partial charge in [-0.15, -0.1) is 5.10 Å². The lowest BCUT2D eigenvalue weighted by Crippen LogP contribution is -2.27. The van der Waals surface area contributed by atoms with E-state index in [1.807, 2.05) is 84.5 Å². The molecule has 3 aromatic heterocycles. The third-order valence-electron chi connectivity index (χ3n) is 5.23. The molecule has 0 N–H and O–H groups in total. The molecule has 0 radical (unpaired) electrons. The second-order valence-corrected chi connectivity index (χ2v) is 7.54. The Hall–Kier alpha value is -4.33. The molecule has 0 bridgehead atoms. The predicted molar refractivity (Wildman–Crippen MR) is 120 cm³/mol. The van der Waals surface area contributed by atoms with E-state index in [1.165, 1.54) is 0 Å². The van der Waals surface area contributed by atoms with Crippen molar-refractivity contribution in [2.45, 2.75) is 13.5 Å². The highest BCUT2D eigenvalue weighted by Gasteiger charge is 2.21. The van der Waals surface area contributed by atoms with Crippen molar-refractivity contribution in [3.8, 4) is 16.9 Å². The molecule has 0 saturated carbocycles. The van der Waals surface area contributed by atoms with Crippen molar-refractivity contribution in [2.24, 2.45) is 0 Å². The molecule has 2 aromatic carbocycles. The lowest BCUT2D eigenvalue weighted by molar-refractivity contribution is 0.0773. The van der Waals surface area contributed by atoms with Gasteiger partial charge in [-0.25, -0.2) is 14.2 Å². The highest BCUT2D eigenvalue weighted by Crippen LogP contribution is 2.25. The summed E-state index contributed by atoms with van der Waals surface area (Å²) in [4.78, 5) is 23.2. The summed E-state index contributed by atoms with van der Waals surface area (Å²) in [5.74, 6) is 0.246. The molecular formula is C24H21N7O. The zero-order valence-electron chi connectivity index (χ0n) is 17.8. The summed E-state index contributed by atoms with van der Waals surface area (Å²) < 4.78 is 3.41. The van der Waals surface area contributed by atoms with Gasteiger partial charge in [-0.2, -0.15) is 10.1 Å². The summed E-state index contributed by atoms with van der Waals surface area (Å²) in [6.07, 6.45) is 3.62. The van der Waals surface area contributed by atoms with Crippen molar-refractivity contribution in [1.82, 2.24) is 34.3 Å². The van der Waals surface area contributed by atoms with E-state index in [9.17, 15) is 4.79 Å². The van der Waals surface area contributed by atoms with E-state index in [4.69, 9.17) is 5.10 Å². The van der Waals surface area contributed by atoms with Crippen LogP contribution in [0.4, 0.5) is 0 Å². The lowest BCUT2D eigenvalue weighted by Gasteiger charge is -2.15. The minimum Gasteiger partial charge on any atom is -0.334 e. The minimum absolute atomic E-state index is 0.117. The smallest absolute Gasteiger partial charge is 0.293 e. The van der Waals surface area contributed by atoms with E-state index >= 15 is 0 Å². The van der Waals surface area contributed by atoms with Gasteiger partial charge in [-0.1, -0.05) is 48.5 Å².